The monoisotopic (exact) mass is 250 g/mol. The minimum atomic E-state index is 0.346. The van der Waals surface area contributed by atoms with Crippen LogP contribution in [0.1, 0.15) is 51.4 Å². The number of nitrogens with one attached hydrogen (secondary N) is 1. The van der Waals surface area contributed by atoms with Crippen molar-refractivity contribution >= 4 is 5.91 Å². The van der Waals surface area contributed by atoms with Crippen LogP contribution in [0.2, 0.25) is 0 Å². The summed E-state index contributed by atoms with van der Waals surface area (Å²) in [7, 11) is 0. The summed E-state index contributed by atoms with van der Waals surface area (Å²) in [5, 5.41) is 3.22. The highest BCUT2D eigenvalue weighted by Crippen LogP contribution is 2.49. The van der Waals surface area contributed by atoms with E-state index in [1.165, 1.54) is 38.5 Å². The quantitative estimate of drug-likeness (QED) is 0.784. The van der Waals surface area contributed by atoms with Crippen molar-refractivity contribution in [3.63, 3.8) is 0 Å². The van der Waals surface area contributed by atoms with E-state index >= 15 is 0 Å². The SMILES string of the molecule is NC1CCCC(CNC(=O)C(C2CC2)C2CC2)C1. The van der Waals surface area contributed by atoms with Gasteiger partial charge in [0.1, 0.15) is 0 Å². The first-order valence-corrected chi connectivity index (χ1v) is 7.77. The highest BCUT2D eigenvalue weighted by Gasteiger charge is 2.45. The van der Waals surface area contributed by atoms with Crippen molar-refractivity contribution in [1.29, 1.82) is 0 Å². The topological polar surface area (TPSA) is 55.1 Å². The molecule has 18 heavy (non-hydrogen) atoms. The Morgan fingerprint density at radius 3 is 2.33 bits per heavy atom. The summed E-state index contributed by atoms with van der Waals surface area (Å²) in [6.45, 7) is 0.864. The molecule has 1 amide bonds. The molecule has 0 aromatic heterocycles. The zero-order chi connectivity index (χ0) is 12.5. The van der Waals surface area contributed by atoms with Gasteiger partial charge in [0.05, 0.1) is 0 Å². The molecule has 0 spiro atoms. The maximum absolute atomic E-state index is 12.3. The van der Waals surface area contributed by atoms with Gasteiger partial charge in [0.2, 0.25) is 5.91 Å². The van der Waals surface area contributed by atoms with Crippen LogP contribution in [0, 0.1) is 23.7 Å². The van der Waals surface area contributed by atoms with Gasteiger partial charge in [-0.15, -0.1) is 0 Å². The van der Waals surface area contributed by atoms with E-state index in [2.05, 4.69) is 5.32 Å². The Labute approximate surface area is 110 Å². The number of carbonyl (C=O) groups excluding carboxylic acids is 1. The third kappa shape index (κ3) is 3.05. The van der Waals surface area contributed by atoms with Gasteiger partial charge in [-0.1, -0.05) is 6.42 Å². The summed E-state index contributed by atoms with van der Waals surface area (Å²) in [6.07, 6.45) is 9.86. The van der Waals surface area contributed by atoms with E-state index in [4.69, 9.17) is 5.73 Å². The molecule has 0 saturated heterocycles. The molecule has 2 unspecified atom stereocenters. The molecule has 3 N–H and O–H groups in total. The number of carbonyl (C=O) groups is 1. The summed E-state index contributed by atoms with van der Waals surface area (Å²) in [4.78, 5) is 12.3. The van der Waals surface area contributed by atoms with E-state index in [0.29, 0.717) is 35.6 Å². The Morgan fingerprint density at radius 2 is 1.78 bits per heavy atom. The molecule has 0 bridgehead atoms. The average Bonchev–Trinajstić information content (AvgIpc) is 3.21. The van der Waals surface area contributed by atoms with Gasteiger partial charge in [0.15, 0.2) is 0 Å². The maximum atomic E-state index is 12.3. The van der Waals surface area contributed by atoms with Crippen LogP contribution < -0.4 is 11.1 Å². The number of rotatable bonds is 5. The van der Waals surface area contributed by atoms with Gasteiger partial charge >= 0.3 is 0 Å². The van der Waals surface area contributed by atoms with Crippen molar-refractivity contribution in [1.82, 2.24) is 5.32 Å². The van der Waals surface area contributed by atoms with Gasteiger partial charge in [-0.2, -0.15) is 0 Å². The Bertz CT molecular complexity index is 298. The van der Waals surface area contributed by atoms with Crippen LogP contribution in [0.5, 0.6) is 0 Å². The van der Waals surface area contributed by atoms with Crippen LogP contribution in [-0.4, -0.2) is 18.5 Å². The predicted molar refractivity (Wildman–Crippen MR) is 71.9 cm³/mol. The Morgan fingerprint density at radius 1 is 1.11 bits per heavy atom. The van der Waals surface area contributed by atoms with E-state index in [1.54, 1.807) is 0 Å². The van der Waals surface area contributed by atoms with Crippen LogP contribution >= 0.6 is 0 Å². The molecular weight excluding hydrogens is 224 g/mol. The minimum absolute atomic E-state index is 0.346. The lowest BCUT2D eigenvalue weighted by Gasteiger charge is -2.27. The second kappa shape index (κ2) is 5.20. The van der Waals surface area contributed by atoms with Gasteiger partial charge in [0.25, 0.3) is 0 Å². The first-order chi connectivity index (χ1) is 8.74. The first-order valence-electron chi connectivity index (χ1n) is 7.77. The summed E-state index contributed by atoms with van der Waals surface area (Å²) in [5.41, 5.74) is 6.00. The predicted octanol–water partition coefficient (Wildman–Crippen LogP) is 2.06. The molecule has 3 aliphatic carbocycles. The van der Waals surface area contributed by atoms with Crippen LogP contribution in [0.25, 0.3) is 0 Å². The van der Waals surface area contributed by atoms with Crippen molar-refractivity contribution in [3.05, 3.63) is 0 Å². The molecule has 0 aromatic rings. The number of nitrogens with two attached hydrogens (primary N) is 1. The Hall–Kier alpha value is -0.570. The summed E-state index contributed by atoms with van der Waals surface area (Å²) in [5.74, 6) is 2.75. The van der Waals surface area contributed by atoms with Crippen LogP contribution in [0.3, 0.4) is 0 Å². The largest absolute Gasteiger partial charge is 0.356 e. The molecular formula is C15H26N2O. The molecule has 0 aromatic carbocycles. The lowest BCUT2D eigenvalue weighted by molar-refractivity contribution is -0.126. The molecule has 0 heterocycles. The molecule has 3 fully saturated rings. The van der Waals surface area contributed by atoms with Gasteiger partial charge < -0.3 is 11.1 Å². The maximum Gasteiger partial charge on any atom is 0.223 e. The fraction of sp³-hybridized carbons (Fsp3) is 0.933. The summed E-state index contributed by atoms with van der Waals surface area (Å²) in [6, 6.07) is 0.364. The normalized spacial score (nSPS) is 32.6. The van der Waals surface area contributed by atoms with Crippen molar-refractivity contribution in [2.45, 2.75) is 57.4 Å². The standard InChI is InChI=1S/C15H26N2O/c16-13-3-1-2-10(8-13)9-17-15(18)14(11-4-5-11)12-6-7-12/h10-14H,1-9,16H2,(H,17,18). The van der Waals surface area contributed by atoms with Crippen molar-refractivity contribution in [3.8, 4) is 0 Å². The van der Waals surface area contributed by atoms with E-state index < -0.39 is 0 Å². The number of amides is 1. The van der Waals surface area contributed by atoms with E-state index in [-0.39, 0.29) is 0 Å². The molecule has 0 radical (unpaired) electrons. The zero-order valence-corrected chi connectivity index (χ0v) is 11.2. The second-order valence-electron chi connectivity index (χ2n) is 6.74. The summed E-state index contributed by atoms with van der Waals surface area (Å²) >= 11 is 0. The molecule has 0 aliphatic heterocycles. The first kappa shape index (κ1) is 12.5. The lowest BCUT2D eigenvalue weighted by atomic mass is 9.86. The fourth-order valence-corrected chi connectivity index (χ4v) is 3.60. The zero-order valence-electron chi connectivity index (χ0n) is 11.2. The highest BCUT2D eigenvalue weighted by molar-refractivity contribution is 5.80. The summed E-state index contributed by atoms with van der Waals surface area (Å²) < 4.78 is 0. The van der Waals surface area contributed by atoms with Gasteiger partial charge in [0, 0.05) is 18.5 Å². The van der Waals surface area contributed by atoms with Gasteiger partial charge in [-0.05, 0) is 62.7 Å². The molecule has 3 rings (SSSR count). The van der Waals surface area contributed by atoms with Gasteiger partial charge in [-0.25, -0.2) is 0 Å². The van der Waals surface area contributed by atoms with E-state index in [9.17, 15) is 4.79 Å². The molecule has 102 valence electrons. The molecule has 2 atom stereocenters. The third-order valence-corrected chi connectivity index (χ3v) is 4.95. The second-order valence-corrected chi connectivity index (χ2v) is 6.74. The van der Waals surface area contributed by atoms with Crippen molar-refractivity contribution in [2.75, 3.05) is 6.54 Å². The highest BCUT2D eigenvalue weighted by atomic mass is 16.1. The molecule has 3 saturated carbocycles. The Balaban J connectivity index is 1.45. The number of hydrogen-bond acceptors (Lipinski definition) is 2. The lowest BCUT2D eigenvalue weighted by Crippen LogP contribution is -2.39. The van der Waals surface area contributed by atoms with Crippen LogP contribution in [0.15, 0.2) is 0 Å². The number of hydrogen-bond donors (Lipinski definition) is 2. The van der Waals surface area contributed by atoms with E-state index in [1.807, 2.05) is 0 Å². The third-order valence-electron chi connectivity index (χ3n) is 4.95. The molecule has 3 aliphatic rings. The van der Waals surface area contributed by atoms with Crippen LogP contribution in [0.4, 0.5) is 0 Å². The Kier molecular flexibility index (Phi) is 3.60. The van der Waals surface area contributed by atoms with Crippen LogP contribution in [-0.2, 0) is 4.79 Å². The van der Waals surface area contributed by atoms with E-state index in [0.717, 1.165) is 19.4 Å². The molecule has 3 heteroatoms. The van der Waals surface area contributed by atoms with Crippen molar-refractivity contribution < 1.29 is 4.79 Å². The smallest absolute Gasteiger partial charge is 0.223 e. The van der Waals surface area contributed by atoms with Crippen molar-refractivity contribution in [2.24, 2.45) is 29.4 Å². The average molecular weight is 250 g/mol. The molecule has 3 nitrogen and oxygen atoms in total. The fourth-order valence-electron chi connectivity index (χ4n) is 3.60. The minimum Gasteiger partial charge on any atom is -0.356 e. The van der Waals surface area contributed by atoms with Gasteiger partial charge in [-0.3, -0.25) is 4.79 Å².